The zero-order valence-corrected chi connectivity index (χ0v) is 11.4. The highest BCUT2D eigenvalue weighted by Crippen LogP contribution is 2.42. The fraction of sp³-hybridized carbons (Fsp3) is 0.615. The number of carboxylic acid groups (broad SMARTS) is 1. The summed E-state index contributed by atoms with van der Waals surface area (Å²) in [6, 6.07) is 0. The van der Waals surface area contributed by atoms with Crippen LogP contribution < -0.4 is 4.90 Å². The predicted molar refractivity (Wildman–Crippen MR) is 71.8 cm³/mol. The fourth-order valence-corrected chi connectivity index (χ4v) is 3.06. The number of nitrogens with zero attached hydrogens (tertiary/aromatic N) is 4. The number of amides is 1. The van der Waals surface area contributed by atoms with E-state index >= 15 is 0 Å². The van der Waals surface area contributed by atoms with Crippen molar-refractivity contribution >= 4 is 11.9 Å². The van der Waals surface area contributed by atoms with Crippen LogP contribution in [0, 0.1) is 0 Å². The van der Waals surface area contributed by atoms with Crippen molar-refractivity contribution < 1.29 is 15.0 Å². The first-order chi connectivity index (χ1) is 9.58. The second kappa shape index (κ2) is 4.90. The number of hydrogen-bond donors (Lipinski definition) is 2. The molecule has 2 atom stereocenters. The summed E-state index contributed by atoms with van der Waals surface area (Å²) < 4.78 is 0. The van der Waals surface area contributed by atoms with E-state index in [-0.39, 0.29) is 5.92 Å². The second-order valence-electron chi connectivity index (χ2n) is 5.41. The molecule has 1 aliphatic heterocycles. The summed E-state index contributed by atoms with van der Waals surface area (Å²) in [5, 5.41) is 19.0. The Bertz CT molecular complexity index is 528. The Hall–Kier alpha value is -1.89. The molecule has 1 fully saturated rings. The maximum Gasteiger partial charge on any atom is 0.407 e. The van der Waals surface area contributed by atoms with Gasteiger partial charge in [-0.2, -0.15) is 0 Å². The third-order valence-corrected chi connectivity index (χ3v) is 4.13. The van der Waals surface area contributed by atoms with Crippen molar-refractivity contribution in [1.29, 1.82) is 0 Å². The minimum absolute atomic E-state index is 0.230. The van der Waals surface area contributed by atoms with Crippen molar-refractivity contribution in [2.24, 2.45) is 0 Å². The van der Waals surface area contributed by atoms with Gasteiger partial charge in [0.2, 0.25) is 0 Å². The Morgan fingerprint density at radius 3 is 2.65 bits per heavy atom. The van der Waals surface area contributed by atoms with Gasteiger partial charge < -0.3 is 20.0 Å². The van der Waals surface area contributed by atoms with Gasteiger partial charge in [0.25, 0.3) is 0 Å². The van der Waals surface area contributed by atoms with E-state index in [2.05, 4.69) is 21.8 Å². The van der Waals surface area contributed by atoms with E-state index in [9.17, 15) is 9.90 Å². The third-order valence-electron chi connectivity index (χ3n) is 4.13. The maximum absolute atomic E-state index is 10.9. The Labute approximate surface area is 116 Å². The van der Waals surface area contributed by atoms with Crippen LogP contribution in [0.3, 0.4) is 0 Å². The minimum Gasteiger partial charge on any atom is -0.465 e. The molecule has 1 aliphatic carbocycles. The molecule has 0 bridgehead atoms. The summed E-state index contributed by atoms with van der Waals surface area (Å²) in [5.74, 6) is 1.08. The highest BCUT2D eigenvalue weighted by Gasteiger charge is 2.33. The molecule has 0 unspecified atom stereocenters. The molecule has 0 radical (unpaired) electrons. The van der Waals surface area contributed by atoms with Gasteiger partial charge in [-0.05, 0) is 12.3 Å². The van der Waals surface area contributed by atoms with Crippen LogP contribution in [0.1, 0.15) is 36.6 Å². The number of hydrogen-bond acceptors (Lipinski definition) is 5. The van der Waals surface area contributed by atoms with Crippen LogP contribution in [0.4, 0.5) is 10.6 Å². The summed E-state index contributed by atoms with van der Waals surface area (Å²) in [4.78, 5) is 23.0. The molecule has 1 aromatic heterocycles. The van der Waals surface area contributed by atoms with Crippen molar-refractivity contribution in [1.82, 2.24) is 14.9 Å². The van der Waals surface area contributed by atoms with Crippen LogP contribution in [-0.2, 0) is 0 Å². The second-order valence-corrected chi connectivity index (χ2v) is 5.41. The van der Waals surface area contributed by atoms with Crippen LogP contribution in [0.2, 0.25) is 0 Å². The lowest BCUT2D eigenvalue weighted by Crippen LogP contribution is -2.48. The smallest absolute Gasteiger partial charge is 0.407 e. The Kier molecular flexibility index (Phi) is 3.21. The molecule has 108 valence electrons. The lowest BCUT2D eigenvalue weighted by Gasteiger charge is -2.35. The number of fused-ring (bicyclic) bond motifs is 1. The molecule has 1 saturated heterocycles. The van der Waals surface area contributed by atoms with Gasteiger partial charge in [0, 0.05) is 31.7 Å². The van der Waals surface area contributed by atoms with Crippen LogP contribution in [0.25, 0.3) is 0 Å². The maximum atomic E-state index is 10.9. The average molecular weight is 278 g/mol. The van der Waals surface area contributed by atoms with Gasteiger partial charge in [-0.3, -0.25) is 0 Å². The quantitative estimate of drug-likeness (QED) is 0.790. The summed E-state index contributed by atoms with van der Waals surface area (Å²) >= 11 is 0. The molecule has 2 N–H and O–H groups in total. The molecule has 20 heavy (non-hydrogen) atoms. The van der Waals surface area contributed by atoms with Crippen LogP contribution in [0.5, 0.6) is 0 Å². The minimum atomic E-state index is -0.874. The van der Waals surface area contributed by atoms with Gasteiger partial charge in [-0.1, -0.05) is 6.92 Å². The molecule has 3 rings (SSSR count). The Morgan fingerprint density at radius 2 is 2.00 bits per heavy atom. The lowest BCUT2D eigenvalue weighted by molar-refractivity contribution is 0.142. The SMILES string of the molecule is C[C@@H]1C[C@H](O)c2ncnc(N3CCN(C(=O)O)CC3)c21. The van der Waals surface area contributed by atoms with Gasteiger partial charge in [-0.15, -0.1) is 0 Å². The first kappa shape index (κ1) is 13.1. The van der Waals surface area contributed by atoms with Crippen molar-refractivity contribution in [3.05, 3.63) is 17.6 Å². The van der Waals surface area contributed by atoms with Gasteiger partial charge in [0.1, 0.15) is 12.1 Å². The zero-order chi connectivity index (χ0) is 14.3. The largest absolute Gasteiger partial charge is 0.465 e. The molecule has 2 aliphatic rings. The fourth-order valence-electron chi connectivity index (χ4n) is 3.06. The number of aromatic nitrogens is 2. The van der Waals surface area contributed by atoms with E-state index in [1.54, 1.807) is 0 Å². The Morgan fingerprint density at radius 1 is 1.30 bits per heavy atom. The molecule has 2 heterocycles. The van der Waals surface area contributed by atoms with Gasteiger partial charge in [0.05, 0.1) is 11.8 Å². The molecule has 0 saturated carbocycles. The number of aliphatic hydroxyl groups is 1. The standard InChI is InChI=1S/C13H18N4O3/c1-8-6-9(18)11-10(8)12(15-7-14-11)16-2-4-17(5-3-16)13(19)20/h7-9,18H,2-6H2,1H3,(H,19,20)/t8-,9+/m1/s1. The highest BCUT2D eigenvalue weighted by molar-refractivity contribution is 5.65. The molecular weight excluding hydrogens is 260 g/mol. The van der Waals surface area contributed by atoms with E-state index < -0.39 is 12.2 Å². The molecule has 1 amide bonds. The summed E-state index contributed by atoms with van der Waals surface area (Å²) in [6.07, 6.45) is 0.776. The van der Waals surface area contributed by atoms with E-state index in [1.165, 1.54) is 11.2 Å². The highest BCUT2D eigenvalue weighted by atomic mass is 16.4. The normalized spacial score (nSPS) is 25.7. The summed E-state index contributed by atoms with van der Waals surface area (Å²) in [6.45, 7) is 4.27. The first-order valence-corrected chi connectivity index (χ1v) is 6.83. The van der Waals surface area contributed by atoms with E-state index in [0.29, 0.717) is 32.6 Å². The molecular formula is C13H18N4O3. The zero-order valence-electron chi connectivity index (χ0n) is 11.4. The number of rotatable bonds is 1. The van der Waals surface area contributed by atoms with Crippen LogP contribution in [-0.4, -0.2) is 57.4 Å². The van der Waals surface area contributed by atoms with Crippen LogP contribution >= 0.6 is 0 Å². The van der Waals surface area contributed by atoms with Crippen molar-refractivity contribution in [2.75, 3.05) is 31.1 Å². The monoisotopic (exact) mass is 278 g/mol. The summed E-state index contributed by atoms with van der Waals surface area (Å²) in [7, 11) is 0. The number of carbonyl (C=O) groups is 1. The third kappa shape index (κ3) is 2.07. The van der Waals surface area contributed by atoms with Crippen molar-refractivity contribution in [2.45, 2.75) is 25.4 Å². The van der Waals surface area contributed by atoms with Crippen molar-refractivity contribution in [3.63, 3.8) is 0 Å². The first-order valence-electron chi connectivity index (χ1n) is 6.83. The van der Waals surface area contributed by atoms with Crippen LogP contribution in [0.15, 0.2) is 6.33 Å². The molecule has 7 nitrogen and oxygen atoms in total. The predicted octanol–water partition coefficient (Wildman–Crippen LogP) is 0.817. The number of anilines is 1. The van der Waals surface area contributed by atoms with Gasteiger partial charge >= 0.3 is 6.09 Å². The molecule has 1 aromatic rings. The molecule has 0 aromatic carbocycles. The number of piperazine rings is 1. The van der Waals surface area contributed by atoms with Gasteiger partial charge in [0.15, 0.2) is 0 Å². The van der Waals surface area contributed by atoms with Crippen molar-refractivity contribution in [3.8, 4) is 0 Å². The van der Waals surface area contributed by atoms with E-state index in [1.807, 2.05) is 0 Å². The molecule has 7 heteroatoms. The lowest BCUT2D eigenvalue weighted by atomic mass is 10.1. The topological polar surface area (TPSA) is 89.8 Å². The average Bonchev–Trinajstić information content (AvgIpc) is 2.74. The number of aliphatic hydroxyl groups excluding tert-OH is 1. The van der Waals surface area contributed by atoms with E-state index in [0.717, 1.165) is 17.1 Å². The van der Waals surface area contributed by atoms with Gasteiger partial charge in [-0.25, -0.2) is 14.8 Å². The Balaban J connectivity index is 1.84. The molecule has 0 spiro atoms. The van der Waals surface area contributed by atoms with E-state index in [4.69, 9.17) is 5.11 Å². The summed E-state index contributed by atoms with van der Waals surface area (Å²) in [5.41, 5.74) is 1.74.